The highest BCUT2D eigenvalue weighted by Crippen LogP contribution is 2.31. The van der Waals surface area contributed by atoms with Crippen LogP contribution < -0.4 is 0 Å². The smallest absolute Gasteiger partial charge is 0.187 e. The van der Waals surface area contributed by atoms with Crippen LogP contribution in [0.3, 0.4) is 0 Å². The minimum absolute atomic E-state index is 0.137. The van der Waals surface area contributed by atoms with Crippen molar-refractivity contribution in [3.63, 3.8) is 0 Å². The van der Waals surface area contributed by atoms with Crippen molar-refractivity contribution in [2.45, 2.75) is 51.7 Å². The summed E-state index contributed by atoms with van der Waals surface area (Å²) in [6, 6.07) is 13.0. The number of halogens is 1. The standard InChI is InChI=1S/C25H29FN2O3/c1-19-3-6-22(20(2)13-19)14-29-15-24-16-30-25(31-24,17-28-12-11-27-18-28)10-9-21-4-7-23(26)8-5-21/h3-8,11-13,18,24H,9-10,14-17H2,1-2H3. The summed E-state index contributed by atoms with van der Waals surface area (Å²) in [7, 11) is 0. The van der Waals surface area contributed by atoms with E-state index in [1.807, 2.05) is 10.8 Å². The molecule has 5 nitrogen and oxygen atoms in total. The monoisotopic (exact) mass is 424 g/mol. The van der Waals surface area contributed by atoms with E-state index in [1.165, 1.54) is 28.8 Å². The molecule has 0 amide bonds. The molecule has 2 atom stereocenters. The van der Waals surface area contributed by atoms with Crippen LogP contribution in [0.25, 0.3) is 0 Å². The molecule has 0 N–H and O–H groups in total. The van der Waals surface area contributed by atoms with Crippen LogP contribution in [-0.4, -0.2) is 34.7 Å². The van der Waals surface area contributed by atoms with Gasteiger partial charge in [0.05, 0.1) is 32.7 Å². The highest BCUT2D eigenvalue weighted by molar-refractivity contribution is 5.29. The van der Waals surface area contributed by atoms with Gasteiger partial charge in [0.15, 0.2) is 5.79 Å². The van der Waals surface area contributed by atoms with Gasteiger partial charge in [0, 0.05) is 18.8 Å². The topological polar surface area (TPSA) is 45.5 Å². The minimum Gasteiger partial charge on any atom is -0.374 e. The van der Waals surface area contributed by atoms with E-state index in [4.69, 9.17) is 14.2 Å². The zero-order chi connectivity index (χ0) is 21.7. The maximum atomic E-state index is 13.2. The Hall–Kier alpha value is -2.54. The van der Waals surface area contributed by atoms with Crippen LogP contribution in [0.4, 0.5) is 4.39 Å². The van der Waals surface area contributed by atoms with Crippen molar-refractivity contribution in [1.29, 1.82) is 0 Å². The number of rotatable bonds is 9. The molecule has 2 aromatic carbocycles. The third-order valence-electron chi connectivity index (χ3n) is 5.66. The van der Waals surface area contributed by atoms with Gasteiger partial charge in [-0.3, -0.25) is 0 Å². The van der Waals surface area contributed by atoms with Crippen molar-refractivity contribution in [2.75, 3.05) is 13.2 Å². The van der Waals surface area contributed by atoms with Crippen LogP contribution >= 0.6 is 0 Å². The summed E-state index contributed by atoms with van der Waals surface area (Å²) in [5, 5.41) is 0. The van der Waals surface area contributed by atoms with E-state index in [1.54, 1.807) is 24.7 Å². The maximum Gasteiger partial charge on any atom is 0.187 e. The largest absolute Gasteiger partial charge is 0.374 e. The number of aryl methyl sites for hydroxylation is 3. The van der Waals surface area contributed by atoms with Crippen LogP contribution in [-0.2, 0) is 33.8 Å². The highest BCUT2D eigenvalue weighted by atomic mass is 19.1. The van der Waals surface area contributed by atoms with Gasteiger partial charge in [0.2, 0.25) is 0 Å². The van der Waals surface area contributed by atoms with Gasteiger partial charge in [-0.15, -0.1) is 0 Å². The summed E-state index contributed by atoms with van der Waals surface area (Å²) in [4.78, 5) is 4.13. The van der Waals surface area contributed by atoms with Crippen LogP contribution in [0.1, 0.15) is 28.7 Å². The lowest BCUT2D eigenvalue weighted by atomic mass is 10.0. The second-order valence-electron chi connectivity index (χ2n) is 8.27. The molecule has 0 radical (unpaired) electrons. The highest BCUT2D eigenvalue weighted by Gasteiger charge is 2.41. The molecule has 1 aromatic heterocycles. The van der Waals surface area contributed by atoms with Gasteiger partial charge in [-0.1, -0.05) is 35.9 Å². The van der Waals surface area contributed by atoms with E-state index in [9.17, 15) is 4.39 Å². The summed E-state index contributed by atoms with van der Waals surface area (Å²) in [6.45, 7) is 6.23. The molecule has 2 heterocycles. The predicted molar refractivity (Wildman–Crippen MR) is 116 cm³/mol. The van der Waals surface area contributed by atoms with Crippen LogP contribution in [0.2, 0.25) is 0 Å². The van der Waals surface area contributed by atoms with Crippen molar-refractivity contribution in [3.05, 3.63) is 89.3 Å². The number of ether oxygens (including phenoxy) is 3. The average molecular weight is 425 g/mol. The third-order valence-corrected chi connectivity index (χ3v) is 5.66. The maximum absolute atomic E-state index is 13.2. The third kappa shape index (κ3) is 5.79. The van der Waals surface area contributed by atoms with E-state index >= 15 is 0 Å². The van der Waals surface area contributed by atoms with Crippen LogP contribution in [0.5, 0.6) is 0 Å². The van der Waals surface area contributed by atoms with Crippen molar-refractivity contribution >= 4 is 0 Å². The van der Waals surface area contributed by atoms with Crippen LogP contribution in [0.15, 0.2) is 61.2 Å². The van der Waals surface area contributed by atoms with Gasteiger partial charge >= 0.3 is 0 Å². The van der Waals surface area contributed by atoms with Crippen molar-refractivity contribution in [3.8, 4) is 0 Å². The van der Waals surface area contributed by atoms with Crippen molar-refractivity contribution in [1.82, 2.24) is 9.55 Å². The number of hydrogen-bond acceptors (Lipinski definition) is 4. The first kappa shape index (κ1) is 21.7. The molecule has 1 saturated heterocycles. The van der Waals surface area contributed by atoms with Gasteiger partial charge in [0.1, 0.15) is 11.9 Å². The van der Waals surface area contributed by atoms with Crippen molar-refractivity contribution in [2.24, 2.45) is 0 Å². The summed E-state index contributed by atoms with van der Waals surface area (Å²) >= 11 is 0. The lowest BCUT2D eigenvalue weighted by Crippen LogP contribution is -2.37. The normalized spacial score (nSPS) is 20.9. The van der Waals surface area contributed by atoms with Gasteiger partial charge in [-0.25, -0.2) is 9.37 Å². The van der Waals surface area contributed by atoms with E-state index < -0.39 is 5.79 Å². The second-order valence-corrected chi connectivity index (χ2v) is 8.27. The predicted octanol–water partition coefficient (Wildman–Crippen LogP) is 4.60. The SMILES string of the molecule is Cc1ccc(COCC2COC(CCc3ccc(F)cc3)(Cn3ccnc3)O2)c(C)c1. The fraction of sp³-hybridized carbons (Fsp3) is 0.400. The van der Waals surface area contributed by atoms with Gasteiger partial charge in [0.25, 0.3) is 0 Å². The first-order valence-electron chi connectivity index (χ1n) is 10.7. The fourth-order valence-electron chi connectivity index (χ4n) is 3.94. The van der Waals surface area contributed by atoms with E-state index in [2.05, 4.69) is 37.0 Å². The van der Waals surface area contributed by atoms with Crippen molar-refractivity contribution < 1.29 is 18.6 Å². The Kier molecular flexibility index (Phi) is 6.80. The first-order valence-corrected chi connectivity index (χ1v) is 10.7. The van der Waals surface area contributed by atoms with Gasteiger partial charge in [-0.2, -0.15) is 0 Å². The molecule has 31 heavy (non-hydrogen) atoms. The minimum atomic E-state index is -0.761. The molecule has 0 spiro atoms. The molecular formula is C25H29FN2O3. The molecule has 1 aliphatic heterocycles. The van der Waals surface area contributed by atoms with E-state index in [-0.39, 0.29) is 11.9 Å². The lowest BCUT2D eigenvalue weighted by Gasteiger charge is -2.28. The number of nitrogens with zero attached hydrogens (tertiary/aromatic N) is 2. The van der Waals surface area contributed by atoms with E-state index in [0.29, 0.717) is 32.8 Å². The summed E-state index contributed by atoms with van der Waals surface area (Å²) in [5.74, 6) is -0.991. The lowest BCUT2D eigenvalue weighted by molar-refractivity contribution is -0.187. The molecule has 4 rings (SSSR count). The zero-order valence-electron chi connectivity index (χ0n) is 18.1. The van der Waals surface area contributed by atoms with Gasteiger partial charge in [-0.05, 0) is 49.1 Å². The molecule has 1 fully saturated rings. The Balaban J connectivity index is 1.36. The molecule has 2 unspecified atom stereocenters. The summed E-state index contributed by atoms with van der Waals surface area (Å²) < 4.78 is 33.7. The second kappa shape index (κ2) is 9.73. The zero-order valence-corrected chi connectivity index (χ0v) is 18.1. The molecule has 0 bridgehead atoms. The first-order chi connectivity index (χ1) is 15.0. The number of aromatic nitrogens is 2. The summed E-state index contributed by atoms with van der Waals surface area (Å²) in [5.41, 5.74) is 4.72. The molecule has 0 saturated carbocycles. The van der Waals surface area contributed by atoms with Crippen LogP contribution in [0, 0.1) is 19.7 Å². The Morgan fingerprint density at radius 2 is 2.03 bits per heavy atom. The number of benzene rings is 2. The fourth-order valence-corrected chi connectivity index (χ4v) is 3.94. The molecular weight excluding hydrogens is 395 g/mol. The molecule has 164 valence electrons. The number of imidazole rings is 1. The number of hydrogen-bond donors (Lipinski definition) is 0. The Morgan fingerprint density at radius 3 is 2.77 bits per heavy atom. The Bertz CT molecular complexity index is 975. The Morgan fingerprint density at radius 1 is 1.19 bits per heavy atom. The average Bonchev–Trinajstić information content (AvgIpc) is 3.40. The molecule has 6 heteroatoms. The molecule has 0 aliphatic carbocycles. The van der Waals surface area contributed by atoms with Gasteiger partial charge < -0.3 is 18.8 Å². The summed E-state index contributed by atoms with van der Waals surface area (Å²) in [6.07, 6.45) is 6.65. The Labute approximate surface area is 182 Å². The quantitative estimate of drug-likeness (QED) is 0.504. The van der Waals surface area contributed by atoms with E-state index in [0.717, 1.165) is 12.0 Å². The molecule has 3 aromatic rings. The molecule has 1 aliphatic rings.